The number of hydrogen-bond acceptors (Lipinski definition) is 4. The maximum Gasteiger partial charge on any atom is 0.344 e. The van der Waals surface area contributed by atoms with Gasteiger partial charge in [0, 0.05) is 6.54 Å². The number of carbonyl (C=O) groups excluding carboxylic acids is 2. The molecule has 0 aliphatic rings. The number of aromatic nitrogens is 2. The third-order valence-corrected chi connectivity index (χ3v) is 3.70. The normalized spacial score (nSPS) is 11.7. The molecule has 0 bridgehead atoms. The van der Waals surface area contributed by atoms with Gasteiger partial charge >= 0.3 is 5.97 Å². The van der Waals surface area contributed by atoms with Crippen molar-refractivity contribution in [2.24, 2.45) is 0 Å². The Morgan fingerprint density at radius 2 is 2.08 bits per heavy atom. The van der Waals surface area contributed by atoms with Crippen LogP contribution < -0.4 is 5.32 Å². The Balaban J connectivity index is 2.22. The molecule has 1 N–H and O–H groups in total. The molecule has 0 saturated heterocycles. The fourth-order valence-corrected chi connectivity index (χ4v) is 2.42. The molecular formula is C17H17ClFN3O3. The van der Waals surface area contributed by atoms with Crippen molar-refractivity contribution in [3.05, 3.63) is 59.1 Å². The molecular weight excluding hydrogens is 349 g/mol. The number of esters is 1. The van der Waals surface area contributed by atoms with Crippen molar-refractivity contribution in [2.45, 2.75) is 20.0 Å². The van der Waals surface area contributed by atoms with Gasteiger partial charge in [-0.2, -0.15) is 5.10 Å². The molecule has 0 spiro atoms. The third kappa shape index (κ3) is 4.24. The first-order valence-electron chi connectivity index (χ1n) is 7.45. The summed E-state index contributed by atoms with van der Waals surface area (Å²) in [4.78, 5) is 24.1. The van der Waals surface area contributed by atoms with Crippen molar-refractivity contribution in [1.82, 2.24) is 15.1 Å². The maximum absolute atomic E-state index is 13.0. The summed E-state index contributed by atoms with van der Waals surface area (Å²) in [5.41, 5.74) is 0.873. The quantitative estimate of drug-likeness (QED) is 0.631. The fourth-order valence-electron chi connectivity index (χ4n) is 2.07. The summed E-state index contributed by atoms with van der Waals surface area (Å²) in [5, 5.41) is 6.73. The summed E-state index contributed by atoms with van der Waals surface area (Å²) in [6, 6.07) is 5.47. The van der Waals surface area contributed by atoms with Crippen molar-refractivity contribution in [1.29, 1.82) is 0 Å². The molecule has 132 valence electrons. The molecule has 1 heterocycles. The van der Waals surface area contributed by atoms with Crippen LogP contribution in [0, 0.1) is 12.7 Å². The lowest BCUT2D eigenvalue weighted by Gasteiger charge is -2.12. The number of nitrogens with one attached hydrogen (secondary N) is 1. The molecule has 0 radical (unpaired) electrons. The van der Waals surface area contributed by atoms with E-state index in [2.05, 4.69) is 17.0 Å². The smallest absolute Gasteiger partial charge is 0.344 e. The Morgan fingerprint density at radius 1 is 1.44 bits per heavy atom. The lowest BCUT2D eigenvalue weighted by atomic mass is 10.2. The van der Waals surface area contributed by atoms with Crippen LogP contribution in [-0.4, -0.2) is 34.3 Å². The van der Waals surface area contributed by atoms with Crippen LogP contribution in [0.2, 0.25) is 5.15 Å². The molecule has 0 aliphatic carbocycles. The zero-order valence-electron chi connectivity index (χ0n) is 13.8. The summed E-state index contributed by atoms with van der Waals surface area (Å²) in [6.07, 6.45) is 0.511. The number of aryl methyl sites for hydroxylation is 1. The van der Waals surface area contributed by atoms with Crippen LogP contribution in [0.4, 0.5) is 4.39 Å². The van der Waals surface area contributed by atoms with Crippen LogP contribution in [0.15, 0.2) is 36.9 Å². The highest BCUT2D eigenvalue weighted by molar-refractivity contribution is 6.33. The summed E-state index contributed by atoms with van der Waals surface area (Å²) in [5.74, 6) is -1.62. The standard InChI is InChI=1S/C17H17ClFN3O3/c1-4-9-20-16(23)11(3)25-17(24)14-10(2)21-22(15(14)18)13-7-5-12(19)6-8-13/h4-8,11H,1,9H2,2-3H3,(H,20,23)/t11-/m1/s1. The molecule has 0 fully saturated rings. The Morgan fingerprint density at radius 3 is 2.68 bits per heavy atom. The summed E-state index contributed by atoms with van der Waals surface area (Å²) < 4.78 is 19.5. The van der Waals surface area contributed by atoms with E-state index in [1.807, 2.05) is 0 Å². The van der Waals surface area contributed by atoms with Gasteiger partial charge in [0.2, 0.25) is 0 Å². The van der Waals surface area contributed by atoms with E-state index in [1.165, 1.54) is 41.9 Å². The summed E-state index contributed by atoms with van der Waals surface area (Å²) in [7, 11) is 0. The number of rotatable bonds is 6. The van der Waals surface area contributed by atoms with E-state index in [-0.39, 0.29) is 17.3 Å². The average molecular weight is 366 g/mol. The Labute approximate surface area is 149 Å². The van der Waals surface area contributed by atoms with Gasteiger partial charge in [0.25, 0.3) is 5.91 Å². The van der Waals surface area contributed by atoms with E-state index in [9.17, 15) is 14.0 Å². The van der Waals surface area contributed by atoms with E-state index >= 15 is 0 Å². The first-order valence-corrected chi connectivity index (χ1v) is 7.83. The molecule has 1 aromatic heterocycles. The number of halogens is 2. The van der Waals surface area contributed by atoms with E-state index < -0.39 is 23.8 Å². The van der Waals surface area contributed by atoms with E-state index in [0.717, 1.165) is 0 Å². The minimum absolute atomic E-state index is 0.0211. The zero-order chi connectivity index (χ0) is 18.6. The van der Waals surface area contributed by atoms with Gasteiger partial charge in [-0.15, -0.1) is 6.58 Å². The monoisotopic (exact) mass is 365 g/mol. The van der Waals surface area contributed by atoms with Crippen LogP contribution in [-0.2, 0) is 9.53 Å². The lowest BCUT2D eigenvalue weighted by molar-refractivity contribution is -0.128. The number of carbonyl (C=O) groups is 2. The van der Waals surface area contributed by atoms with Gasteiger partial charge in [-0.3, -0.25) is 4.79 Å². The molecule has 1 amide bonds. The second-order valence-corrected chi connectivity index (χ2v) is 5.58. The first kappa shape index (κ1) is 18.7. The van der Waals surface area contributed by atoms with Gasteiger partial charge in [-0.1, -0.05) is 17.7 Å². The summed E-state index contributed by atoms with van der Waals surface area (Å²) >= 11 is 6.24. The Bertz CT molecular complexity index is 802. The van der Waals surface area contributed by atoms with Crippen molar-refractivity contribution in [3.8, 4) is 5.69 Å². The molecule has 0 aliphatic heterocycles. The van der Waals surface area contributed by atoms with Gasteiger partial charge in [0.05, 0.1) is 11.4 Å². The SMILES string of the molecule is C=CCNC(=O)[C@@H](C)OC(=O)c1c(C)nn(-c2ccc(F)cc2)c1Cl. The molecule has 0 unspecified atom stereocenters. The van der Waals surface area contributed by atoms with E-state index in [1.54, 1.807) is 6.92 Å². The summed E-state index contributed by atoms with van der Waals surface area (Å²) in [6.45, 7) is 6.79. The van der Waals surface area contributed by atoms with Crippen molar-refractivity contribution in [3.63, 3.8) is 0 Å². The van der Waals surface area contributed by atoms with Gasteiger partial charge in [0.1, 0.15) is 16.5 Å². The van der Waals surface area contributed by atoms with Crippen LogP contribution in [0.1, 0.15) is 23.0 Å². The predicted octanol–water partition coefficient (Wildman–Crippen LogP) is 2.82. The Hall–Kier alpha value is -2.67. The number of ether oxygens (including phenoxy) is 1. The highest BCUT2D eigenvalue weighted by atomic mass is 35.5. The lowest BCUT2D eigenvalue weighted by Crippen LogP contribution is -2.35. The molecule has 1 atom stereocenters. The van der Waals surface area contributed by atoms with Crippen LogP contribution >= 0.6 is 11.6 Å². The highest BCUT2D eigenvalue weighted by Crippen LogP contribution is 2.24. The van der Waals surface area contributed by atoms with Gasteiger partial charge in [-0.05, 0) is 38.1 Å². The maximum atomic E-state index is 13.0. The molecule has 2 aromatic rings. The minimum Gasteiger partial charge on any atom is -0.449 e. The second kappa shape index (κ2) is 7.94. The zero-order valence-corrected chi connectivity index (χ0v) is 14.5. The number of benzene rings is 1. The highest BCUT2D eigenvalue weighted by Gasteiger charge is 2.26. The predicted molar refractivity (Wildman–Crippen MR) is 91.4 cm³/mol. The van der Waals surface area contributed by atoms with Crippen LogP contribution in [0.25, 0.3) is 5.69 Å². The third-order valence-electron chi connectivity index (χ3n) is 3.35. The number of hydrogen-bond donors (Lipinski definition) is 1. The number of nitrogens with zero attached hydrogens (tertiary/aromatic N) is 2. The average Bonchev–Trinajstić information content (AvgIpc) is 2.87. The van der Waals surface area contributed by atoms with Gasteiger partial charge in [-0.25, -0.2) is 13.9 Å². The molecule has 8 heteroatoms. The Kier molecular flexibility index (Phi) is 5.93. The number of amides is 1. The second-order valence-electron chi connectivity index (χ2n) is 5.22. The van der Waals surface area contributed by atoms with E-state index in [4.69, 9.17) is 16.3 Å². The fraction of sp³-hybridized carbons (Fsp3) is 0.235. The minimum atomic E-state index is -1.00. The van der Waals surface area contributed by atoms with Crippen molar-refractivity contribution >= 4 is 23.5 Å². The molecule has 1 aromatic carbocycles. The molecule has 25 heavy (non-hydrogen) atoms. The first-order chi connectivity index (χ1) is 11.8. The topological polar surface area (TPSA) is 73.2 Å². The van der Waals surface area contributed by atoms with Gasteiger partial charge in [0.15, 0.2) is 6.10 Å². The van der Waals surface area contributed by atoms with Crippen LogP contribution in [0.3, 0.4) is 0 Å². The largest absolute Gasteiger partial charge is 0.449 e. The van der Waals surface area contributed by atoms with Crippen molar-refractivity contribution in [2.75, 3.05) is 6.54 Å². The molecule has 0 saturated carbocycles. The molecule has 2 rings (SSSR count). The van der Waals surface area contributed by atoms with Crippen LogP contribution in [0.5, 0.6) is 0 Å². The van der Waals surface area contributed by atoms with E-state index in [0.29, 0.717) is 11.4 Å². The molecule has 6 nitrogen and oxygen atoms in total. The van der Waals surface area contributed by atoms with Crippen molar-refractivity contribution < 1.29 is 18.7 Å². The van der Waals surface area contributed by atoms with Gasteiger partial charge < -0.3 is 10.1 Å².